The summed E-state index contributed by atoms with van der Waals surface area (Å²) in [6, 6.07) is 2.04. The first kappa shape index (κ1) is 18.0. The summed E-state index contributed by atoms with van der Waals surface area (Å²) in [5, 5.41) is 11.1. The van der Waals surface area contributed by atoms with Crippen LogP contribution >= 0.6 is 0 Å². The summed E-state index contributed by atoms with van der Waals surface area (Å²) in [7, 11) is 0. The van der Waals surface area contributed by atoms with E-state index in [1.165, 1.54) is 0 Å². The fraction of sp³-hybridized carbons (Fsp3) is 0.500. The first-order chi connectivity index (χ1) is 11.1. The Morgan fingerprint density at radius 2 is 1.88 bits per heavy atom. The van der Waals surface area contributed by atoms with Crippen LogP contribution in [0.1, 0.15) is 12.5 Å². The Bertz CT molecular complexity index is 643. The van der Waals surface area contributed by atoms with Gasteiger partial charge in [-0.25, -0.2) is 0 Å². The summed E-state index contributed by atoms with van der Waals surface area (Å²) in [4.78, 5) is 25.0. The third-order valence-corrected chi connectivity index (χ3v) is 4.11. The van der Waals surface area contributed by atoms with Gasteiger partial charge in [-0.15, -0.1) is 0 Å². The van der Waals surface area contributed by atoms with E-state index in [9.17, 15) is 28.1 Å². The number of rotatable bonds is 4. The van der Waals surface area contributed by atoms with Crippen LogP contribution in [-0.2, 0) is 11.0 Å². The number of nitrogens with zero attached hydrogens (tertiary/aromatic N) is 3. The van der Waals surface area contributed by atoms with Gasteiger partial charge in [0, 0.05) is 32.2 Å². The minimum Gasteiger partial charge on any atom is -0.368 e. The van der Waals surface area contributed by atoms with Crippen molar-refractivity contribution in [3.63, 3.8) is 0 Å². The molecule has 0 bridgehead atoms. The number of hydrogen-bond donors (Lipinski definition) is 1. The molecule has 0 radical (unpaired) electrons. The lowest BCUT2D eigenvalue weighted by atomic mass is 10.1. The van der Waals surface area contributed by atoms with E-state index in [-0.39, 0.29) is 5.69 Å². The van der Waals surface area contributed by atoms with Gasteiger partial charge in [0.15, 0.2) is 0 Å². The highest BCUT2D eigenvalue weighted by Gasteiger charge is 2.34. The Hall–Kier alpha value is -2.36. The molecule has 2 rings (SSSR count). The summed E-state index contributed by atoms with van der Waals surface area (Å²) < 4.78 is 38.2. The number of halogens is 3. The number of nitrogens with two attached hydrogens (primary N) is 1. The van der Waals surface area contributed by atoms with Crippen molar-refractivity contribution in [1.82, 2.24) is 4.90 Å². The average Bonchev–Trinajstić information content (AvgIpc) is 2.52. The molecule has 0 spiro atoms. The number of piperazine rings is 1. The molecule has 1 aliphatic heterocycles. The quantitative estimate of drug-likeness (QED) is 0.660. The van der Waals surface area contributed by atoms with E-state index in [0.29, 0.717) is 32.2 Å². The Morgan fingerprint density at radius 3 is 2.33 bits per heavy atom. The average molecular weight is 346 g/mol. The molecule has 1 aliphatic rings. The van der Waals surface area contributed by atoms with Crippen molar-refractivity contribution in [3.05, 3.63) is 33.9 Å². The number of nitro groups is 1. The Balaban J connectivity index is 2.21. The normalized spacial score (nSPS) is 17.6. The molecule has 1 heterocycles. The molecular weight excluding hydrogens is 329 g/mol. The van der Waals surface area contributed by atoms with Crippen molar-refractivity contribution in [3.8, 4) is 0 Å². The first-order valence-electron chi connectivity index (χ1n) is 7.25. The van der Waals surface area contributed by atoms with Crippen LogP contribution in [0, 0.1) is 10.1 Å². The highest BCUT2D eigenvalue weighted by Crippen LogP contribution is 2.36. The first-order valence-corrected chi connectivity index (χ1v) is 7.25. The lowest BCUT2D eigenvalue weighted by molar-refractivity contribution is -0.384. The van der Waals surface area contributed by atoms with Gasteiger partial charge in [-0.3, -0.25) is 19.8 Å². The molecule has 10 heteroatoms. The van der Waals surface area contributed by atoms with Gasteiger partial charge in [0.05, 0.1) is 16.5 Å². The van der Waals surface area contributed by atoms with E-state index >= 15 is 0 Å². The van der Waals surface area contributed by atoms with Gasteiger partial charge in [-0.2, -0.15) is 13.2 Å². The zero-order chi connectivity index (χ0) is 18.1. The number of benzene rings is 1. The number of alkyl halides is 3. The highest BCUT2D eigenvalue weighted by atomic mass is 19.4. The van der Waals surface area contributed by atoms with Gasteiger partial charge in [-0.05, 0) is 19.1 Å². The van der Waals surface area contributed by atoms with E-state index in [1.54, 1.807) is 11.8 Å². The summed E-state index contributed by atoms with van der Waals surface area (Å²) in [6.07, 6.45) is -4.64. The molecule has 1 fully saturated rings. The standard InChI is InChI=1S/C14H17F3N4O3/c1-9(13(18)22)19-4-6-20(7-5-19)11-3-2-10(14(15,16)17)8-12(11)21(23)24/h2-3,8-9H,4-7H2,1H3,(H2,18,22)/t9-/m1/s1. The molecule has 1 aromatic carbocycles. The van der Waals surface area contributed by atoms with Crippen molar-refractivity contribution in [2.45, 2.75) is 19.1 Å². The molecule has 0 aromatic heterocycles. The molecule has 0 aliphatic carbocycles. The van der Waals surface area contributed by atoms with Crippen LogP contribution in [0.2, 0.25) is 0 Å². The monoisotopic (exact) mass is 346 g/mol. The second-order valence-corrected chi connectivity index (χ2v) is 5.56. The van der Waals surface area contributed by atoms with E-state index in [2.05, 4.69) is 0 Å². The molecule has 7 nitrogen and oxygen atoms in total. The molecule has 0 unspecified atom stereocenters. The Labute approximate surface area is 136 Å². The Morgan fingerprint density at radius 1 is 1.29 bits per heavy atom. The second-order valence-electron chi connectivity index (χ2n) is 5.56. The van der Waals surface area contributed by atoms with E-state index in [0.717, 1.165) is 12.1 Å². The maximum Gasteiger partial charge on any atom is 0.416 e. The smallest absolute Gasteiger partial charge is 0.368 e. The SMILES string of the molecule is C[C@H](C(N)=O)N1CCN(c2ccc(C(F)(F)F)cc2[N+](=O)[O-])CC1. The minimum absolute atomic E-state index is 0.138. The van der Waals surface area contributed by atoms with Gasteiger partial charge in [-0.1, -0.05) is 0 Å². The second kappa shape index (κ2) is 6.63. The van der Waals surface area contributed by atoms with Gasteiger partial charge in [0.25, 0.3) is 5.69 Å². The number of amides is 1. The molecule has 132 valence electrons. The van der Waals surface area contributed by atoms with Crippen LogP contribution in [0.4, 0.5) is 24.5 Å². The van der Waals surface area contributed by atoms with Crippen molar-refractivity contribution >= 4 is 17.3 Å². The third-order valence-electron chi connectivity index (χ3n) is 4.11. The largest absolute Gasteiger partial charge is 0.416 e. The van der Waals surface area contributed by atoms with E-state index in [4.69, 9.17) is 5.73 Å². The van der Waals surface area contributed by atoms with Gasteiger partial charge in [0.1, 0.15) is 5.69 Å². The van der Waals surface area contributed by atoms with Gasteiger partial charge in [0.2, 0.25) is 5.91 Å². The van der Waals surface area contributed by atoms with Crippen LogP contribution in [0.25, 0.3) is 0 Å². The topological polar surface area (TPSA) is 92.7 Å². The van der Waals surface area contributed by atoms with Crippen LogP contribution in [-0.4, -0.2) is 48.0 Å². The molecule has 24 heavy (non-hydrogen) atoms. The summed E-state index contributed by atoms with van der Waals surface area (Å²) >= 11 is 0. The fourth-order valence-electron chi connectivity index (χ4n) is 2.64. The summed E-state index contributed by atoms with van der Waals surface area (Å²) in [6.45, 7) is 3.23. The Kier molecular flexibility index (Phi) is 4.97. The number of nitro benzene ring substituents is 1. The zero-order valence-electron chi connectivity index (χ0n) is 12.9. The highest BCUT2D eigenvalue weighted by molar-refractivity contribution is 5.79. The number of carbonyl (C=O) groups excluding carboxylic acids is 1. The summed E-state index contributed by atoms with van der Waals surface area (Å²) in [5.74, 6) is -0.469. The van der Waals surface area contributed by atoms with Crippen LogP contribution in [0.15, 0.2) is 18.2 Å². The van der Waals surface area contributed by atoms with Gasteiger partial charge < -0.3 is 10.6 Å². The van der Waals surface area contributed by atoms with Crippen LogP contribution in [0.5, 0.6) is 0 Å². The molecular formula is C14H17F3N4O3. The van der Waals surface area contributed by atoms with Crippen molar-refractivity contribution < 1.29 is 22.9 Å². The fourth-order valence-corrected chi connectivity index (χ4v) is 2.64. The number of carbonyl (C=O) groups is 1. The predicted molar refractivity (Wildman–Crippen MR) is 80.5 cm³/mol. The van der Waals surface area contributed by atoms with E-state index < -0.39 is 34.3 Å². The lowest BCUT2D eigenvalue weighted by Gasteiger charge is -2.37. The molecule has 1 amide bonds. The molecule has 2 N–H and O–H groups in total. The molecule has 0 saturated carbocycles. The predicted octanol–water partition coefficient (Wildman–Crippen LogP) is 1.61. The molecule has 1 saturated heterocycles. The lowest BCUT2D eigenvalue weighted by Crippen LogP contribution is -2.53. The van der Waals surface area contributed by atoms with Crippen molar-refractivity contribution in [1.29, 1.82) is 0 Å². The number of hydrogen-bond acceptors (Lipinski definition) is 5. The molecule has 1 atom stereocenters. The maximum atomic E-state index is 12.7. The van der Waals surface area contributed by atoms with E-state index in [1.807, 2.05) is 4.90 Å². The minimum atomic E-state index is -4.64. The zero-order valence-corrected chi connectivity index (χ0v) is 12.9. The van der Waals surface area contributed by atoms with Crippen molar-refractivity contribution in [2.24, 2.45) is 5.73 Å². The maximum absolute atomic E-state index is 12.7. The van der Waals surface area contributed by atoms with Gasteiger partial charge >= 0.3 is 6.18 Å². The van der Waals surface area contributed by atoms with Crippen molar-refractivity contribution in [2.75, 3.05) is 31.1 Å². The van der Waals surface area contributed by atoms with Crippen LogP contribution in [0.3, 0.4) is 0 Å². The molecule has 1 aromatic rings. The number of anilines is 1. The third kappa shape index (κ3) is 3.75. The summed E-state index contributed by atoms with van der Waals surface area (Å²) in [5.41, 5.74) is 3.74. The van der Waals surface area contributed by atoms with Crippen LogP contribution < -0.4 is 10.6 Å². The number of primary amides is 1.